The highest BCUT2D eigenvalue weighted by Gasteiger charge is 2.16. The molecule has 0 atom stereocenters. The number of aryl methyl sites for hydroxylation is 2. The second-order valence-electron chi connectivity index (χ2n) is 5.00. The summed E-state index contributed by atoms with van der Waals surface area (Å²) in [5.74, 6) is -0.357. The van der Waals surface area contributed by atoms with Gasteiger partial charge in [-0.15, -0.1) is 11.3 Å². The number of rotatable bonds is 4. The lowest BCUT2D eigenvalue weighted by Crippen LogP contribution is -2.29. The van der Waals surface area contributed by atoms with Crippen molar-refractivity contribution in [3.63, 3.8) is 0 Å². The molecular weight excluding hydrogens is 318 g/mol. The number of tetrazole rings is 1. The summed E-state index contributed by atoms with van der Waals surface area (Å²) >= 11 is 1.37. The normalized spacial score (nSPS) is 10.9. The summed E-state index contributed by atoms with van der Waals surface area (Å²) in [4.78, 5) is 24.4. The predicted octanol–water partition coefficient (Wildman–Crippen LogP) is 0.480. The van der Waals surface area contributed by atoms with Crippen molar-refractivity contribution in [2.24, 2.45) is 7.05 Å². The van der Waals surface area contributed by atoms with Crippen molar-refractivity contribution in [1.29, 1.82) is 0 Å². The van der Waals surface area contributed by atoms with Crippen LogP contribution in [0.5, 0.6) is 0 Å². The van der Waals surface area contributed by atoms with Crippen molar-refractivity contribution < 1.29 is 4.79 Å². The maximum atomic E-state index is 12.2. The molecule has 0 aromatic carbocycles. The van der Waals surface area contributed by atoms with Crippen molar-refractivity contribution in [3.05, 3.63) is 39.4 Å². The molecule has 1 amide bonds. The largest absolute Gasteiger partial charge is 0.369 e. The third kappa shape index (κ3) is 2.80. The molecule has 0 spiro atoms. The Kier molecular flexibility index (Phi) is 3.82. The topological polar surface area (TPSA) is 99.6 Å². The first kappa shape index (κ1) is 15.2. The number of amides is 1. The highest BCUT2D eigenvalue weighted by atomic mass is 32.1. The van der Waals surface area contributed by atoms with Gasteiger partial charge in [0.25, 0.3) is 0 Å². The summed E-state index contributed by atoms with van der Waals surface area (Å²) in [5.41, 5.74) is 1.75. The van der Waals surface area contributed by atoms with Gasteiger partial charge in [0.1, 0.15) is 11.5 Å². The maximum absolute atomic E-state index is 12.2. The predicted molar refractivity (Wildman–Crippen MR) is 84.8 cm³/mol. The minimum absolute atomic E-state index is 0.210. The first-order chi connectivity index (χ1) is 11.0. The number of hydrogen-bond donors (Lipinski definition) is 1. The molecule has 0 unspecified atom stereocenters. The van der Waals surface area contributed by atoms with Crippen LogP contribution in [-0.2, 0) is 18.4 Å². The van der Waals surface area contributed by atoms with Gasteiger partial charge in [-0.3, -0.25) is 9.48 Å². The van der Waals surface area contributed by atoms with Gasteiger partial charge in [0.15, 0.2) is 0 Å². The zero-order valence-corrected chi connectivity index (χ0v) is 13.7. The lowest BCUT2D eigenvalue weighted by Gasteiger charge is -2.04. The average molecular weight is 333 g/mol. The molecule has 0 saturated carbocycles. The van der Waals surface area contributed by atoms with Gasteiger partial charge >= 0.3 is 5.69 Å². The van der Waals surface area contributed by atoms with Crippen LogP contribution >= 0.6 is 11.3 Å². The molecule has 0 fully saturated rings. The third-order valence-corrected chi connectivity index (χ3v) is 4.26. The van der Waals surface area contributed by atoms with E-state index in [1.54, 1.807) is 17.8 Å². The van der Waals surface area contributed by atoms with E-state index in [4.69, 9.17) is 0 Å². The molecule has 3 aromatic rings. The summed E-state index contributed by atoms with van der Waals surface area (Å²) in [7, 11) is 1.80. The fraction of sp³-hybridized carbons (Fsp3) is 0.308. The second-order valence-corrected chi connectivity index (χ2v) is 5.93. The number of anilines is 1. The Morgan fingerprint density at radius 1 is 1.35 bits per heavy atom. The van der Waals surface area contributed by atoms with Crippen LogP contribution in [0.3, 0.4) is 0 Å². The van der Waals surface area contributed by atoms with Crippen molar-refractivity contribution in [1.82, 2.24) is 29.6 Å². The van der Waals surface area contributed by atoms with E-state index in [0.717, 1.165) is 10.4 Å². The van der Waals surface area contributed by atoms with Crippen LogP contribution in [0.15, 0.2) is 22.3 Å². The lowest BCUT2D eigenvalue weighted by molar-refractivity contribution is -0.117. The van der Waals surface area contributed by atoms with Gasteiger partial charge in [-0.05, 0) is 41.8 Å². The number of carbonyl (C=O) groups is 1. The fourth-order valence-corrected chi connectivity index (χ4v) is 2.84. The molecule has 23 heavy (non-hydrogen) atoms. The Hall–Kier alpha value is -2.75. The van der Waals surface area contributed by atoms with E-state index < -0.39 is 5.69 Å². The Bertz CT molecular complexity index is 904. The molecule has 0 aliphatic heterocycles. The molecule has 10 heteroatoms. The number of thiophene rings is 1. The summed E-state index contributed by atoms with van der Waals surface area (Å²) in [6.45, 7) is 3.45. The van der Waals surface area contributed by atoms with Crippen LogP contribution in [0, 0.1) is 13.8 Å². The minimum atomic E-state index is -0.456. The third-order valence-electron chi connectivity index (χ3n) is 3.42. The van der Waals surface area contributed by atoms with Crippen LogP contribution in [-0.4, -0.2) is 35.5 Å². The molecule has 0 bridgehead atoms. The maximum Gasteiger partial charge on any atom is 0.369 e. The Morgan fingerprint density at radius 3 is 2.74 bits per heavy atom. The van der Waals surface area contributed by atoms with Crippen LogP contribution in [0.25, 0.3) is 5.00 Å². The van der Waals surface area contributed by atoms with Crippen molar-refractivity contribution in [2.45, 2.75) is 20.4 Å². The van der Waals surface area contributed by atoms with Crippen LogP contribution in [0.4, 0.5) is 5.69 Å². The van der Waals surface area contributed by atoms with E-state index in [9.17, 15) is 9.59 Å². The highest BCUT2D eigenvalue weighted by molar-refractivity contribution is 7.12. The van der Waals surface area contributed by atoms with E-state index in [0.29, 0.717) is 16.4 Å². The van der Waals surface area contributed by atoms with E-state index >= 15 is 0 Å². The van der Waals surface area contributed by atoms with Crippen molar-refractivity contribution in [2.75, 3.05) is 5.32 Å². The van der Waals surface area contributed by atoms with Crippen LogP contribution in [0.2, 0.25) is 0 Å². The first-order valence-electron chi connectivity index (χ1n) is 6.84. The van der Waals surface area contributed by atoms with Gasteiger partial charge in [0.2, 0.25) is 5.91 Å². The quantitative estimate of drug-likeness (QED) is 0.748. The molecule has 3 aromatic heterocycles. The van der Waals surface area contributed by atoms with E-state index in [2.05, 4.69) is 20.8 Å². The van der Waals surface area contributed by atoms with Gasteiger partial charge in [0.05, 0.1) is 17.1 Å². The number of nitrogens with one attached hydrogen (secondary N) is 1. The standard InChI is InChI=1S/C13H15N7O2S/c1-8-12(9(2)18(3)15-8)14-10(21)7-19-13(22)20(17-16-19)11-5-4-6-23-11/h4-6H,7H2,1-3H3,(H,14,21). The molecule has 1 N–H and O–H groups in total. The molecule has 3 heterocycles. The summed E-state index contributed by atoms with van der Waals surface area (Å²) in [6.07, 6.45) is 0. The van der Waals surface area contributed by atoms with Gasteiger partial charge in [-0.2, -0.15) is 14.5 Å². The molecule has 0 radical (unpaired) electrons. The number of hydrogen-bond acceptors (Lipinski definition) is 6. The van der Waals surface area contributed by atoms with Crippen molar-refractivity contribution >= 4 is 22.9 Å². The zero-order chi connectivity index (χ0) is 16.6. The number of aromatic nitrogens is 6. The van der Waals surface area contributed by atoms with Gasteiger partial charge in [0, 0.05) is 7.05 Å². The smallest absolute Gasteiger partial charge is 0.321 e. The Balaban J connectivity index is 1.78. The van der Waals surface area contributed by atoms with Gasteiger partial charge in [-0.25, -0.2) is 4.79 Å². The molecule has 3 rings (SSSR count). The second kappa shape index (κ2) is 5.80. The van der Waals surface area contributed by atoms with E-state index in [1.807, 2.05) is 25.3 Å². The monoisotopic (exact) mass is 333 g/mol. The molecular formula is C13H15N7O2S. The number of carbonyl (C=O) groups excluding carboxylic acids is 1. The first-order valence-corrected chi connectivity index (χ1v) is 7.72. The summed E-state index contributed by atoms with van der Waals surface area (Å²) < 4.78 is 3.87. The van der Waals surface area contributed by atoms with Crippen LogP contribution < -0.4 is 11.0 Å². The minimum Gasteiger partial charge on any atom is -0.321 e. The fourth-order valence-electron chi connectivity index (χ4n) is 2.17. The van der Waals surface area contributed by atoms with Gasteiger partial charge in [-0.1, -0.05) is 0 Å². The lowest BCUT2D eigenvalue weighted by atomic mass is 10.3. The Morgan fingerprint density at radius 2 is 2.13 bits per heavy atom. The molecule has 0 saturated heterocycles. The van der Waals surface area contributed by atoms with Crippen molar-refractivity contribution in [3.8, 4) is 5.00 Å². The molecule has 9 nitrogen and oxygen atoms in total. The highest BCUT2D eigenvalue weighted by Crippen LogP contribution is 2.18. The molecule has 120 valence electrons. The average Bonchev–Trinajstić information content (AvgIpc) is 3.19. The van der Waals surface area contributed by atoms with Crippen LogP contribution in [0.1, 0.15) is 11.4 Å². The Labute approximate surface area is 135 Å². The zero-order valence-electron chi connectivity index (χ0n) is 12.8. The summed E-state index contributed by atoms with van der Waals surface area (Å²) in [5, 5.41) is 17.0. The molecule has 0 aliphatic carbocycles. The molecule has 0 aliphatic rings. The van der Waals surface area contributed by atoms with E-state index in [1.165, 1.54) is 16.0 Å². The summed E-state index contributed by atoms with van der Waals surface area (Å²) in [6, 6.07) is 3.57. The SMILES string of the molecule is Cc1nn(C)c(C)c1NC(=O)Cn1nnn(-c2cccs2)c1=O. The van der Waals surface area contributed by atoms with Gasteiger partial charge < -0.3 is 5.32 Å². The number of nitrogens with zero attached hydrogens (tertiary/aromatic N) is 6. The van der Waals surface area contributed by atoms with E-state index in [-0.39, 0.29) is 12.5 Å².